The number of hydrogen-bond acceptors (Lipinski definition) is 1. The minimum atomic E-state index is 1.05. The van der Waals surface area contributed by atoms with Gasteiger partial charge in [0.15, 0.2) is 0 Å². The topological polar surface area (TPSA) is 26.5 Å². The Labute approximate surface area is 110 Å². The molecule has 0 bridgehead atoms. The summed E-state index contributed by atoms with van der Waals surface area (Å²) < 4.78 is 0. The number of aryl methyl sites for hydroxylation is 1. The van der Waals surface area contributed by atoms with Gasteiger partial charge in [0.2, 0.25) is 0 Å². The average Bonchev–Trinajstić information content (AvgIpc) is 2.78. The molecule has 0 saturated carbocycles. The normalized spacial score (nSPS) is 13.1. The van der Waals surface area contributed by atoms with E-state index in [1.807, 2.05) is 0 Å². The molecule has 1 radical (unpaired) electrons. The summed E-state index contributed by atoms with van der Waals surface area (Å²) in [4.78, 5) is 0. The Morgan fingerprint density at radius 2 is 1.78 bits per heavy atom. The maximum Gasteiger partial charge on any atom is 0.0950 e. The summed E-state index contributed by atoms with van der Waals surface area (Å²) in [6.45, 7) is 4.41. The van der Waals surface area contributed by atoms with E-state index in [4.69, 9.17) is 0 Å². The third kappa shape index (κ3) is 3.12. The van der Waals surface area contributed by atoms with E-state index in [-0.39, 0.29) is 0 Å². The van der Waals surface area contributed by atoms with Crippen LogP contribution in [0.15, 0.2) is 23.3 Å². The minimum absolute atomic E-state index is 1.05. The van der Waals surface area contributed by atoms with Crippen molar-refractivity contribution in [1.82, 2.24) is 5.43 Å². The molecule has 2 rings (SSSR count). The van der Waals surface area contributed by atoms with E-state index in [0.29, 0.717) is 0 Å². The van der Waals surface area contributed by atoms with Gasteiger partial charge in [-0.05, 0) is 31.4 Å². The lowest BCUT2D eigenvalue weighted by molar-refractivity contribution is 0.615. The van der Waals surface area contributed by atoms with Gasteiger partial charge in [-0.3, -0.25) is 0 Å². The summed E-state index contributed by atoms with van der Waals surface area (Å²) in [5.74, 6) is 0. The fourth-order valence-electron chi connectivity index (χ4n) is 2.52. The van der Waals surface area contributed by atoms with Crippen molar-refractivity contribution in [2.24, 2.45) is 5.10 Å². The molecule has 0 amide bonds. The van der Waals surface area contributed by atoms with Crippen molar-refractivity contribution < 1.29 is 0 Å². The lowest BCUT2D eigenvalue weighted by Crippen LogP contribution is -1.99. The molecule has 1 aromatic carbocycles. The number of hydrogen-bond donors (Lipinski definition) is 0. The van der Waals surface area contributed by atoms with E-state index in [9.17, 15) is 0 Å². The number of rotatable bonds is 7. The smallest absolute Gasteiger partial charge is 0.0950 e. The second kappa shape index (κ2) is 6.58. The molecule has 2 heteroatoms. The molecular formula is C16H23N2. The first kappa shape index (κ1) is 13.1. The predicted octanol–water partition coefficient (Wildman–Crippen LogP) is 4.70. The molecule has 0 saturated heterocycles. The highest BCUT2D eigenvalue weighted by atomic mass is 15.3. The molecule has 2 nitrogen and oxygen atoms in total. The van der Waals surface area contributed by atoms with Gasteiger partial charge in [0.05, 0.1) is 11.4 Å². The molecule has 0 fully saturated rings. The lowest BCUT2D eigenvalue weighted by Gasteiger charge is -2.05. The van der Waals surface area contributed by atoms with Gasteiger partial charge in [-0.2, -0.15) is 10.5 Å². The molecule has 1 aliphatic heterocycles. The zero-order valence-electron chi connectivity index (χ0n) is 11.6. The van der Waals surface area contributed by atoms with Crippen LogP contribution in [0.3, 0.4) is 0 Å². The second-order valence-electron chi connectivity index (χ2n) is 5.13. The SMILES string of the molecule is CCCCCCCCC1=N[N]c2cccc(C)c21. The zero-order chi connectivity index (χ0) is 12.8. The van der Waals surface area contributed by atoms with Crippen molar-refractivity contribution in [3.63, 3.8) is 0 Å². The molecule has 0 atom stereocenters. The molecule has 0 aromatic heterocycles. The monoisotopic (exact) mass is 243 g/mol. The molecule has 0 N–H and O–H groups in total. The fraction of sp³-hybridized carbons (Fsp3) is 0.562. The highest BCUT2D eigenvalue weighted by Gasteiger charge is 2.18. The van der Waals surface area contributed by atoms with Crippen LogP contribution in [0.5, 0.6) is 0 Å². The van der Waals surface area contributed by atoms with Gasteiger partial charge in [0.1, 0.15) is 0 Å². The number of unbranched alkanes of at least 4 members (excludes halogenated alkanes) is 5. The maximum absolute atomic E-state index is 4.34. The van der Waals surface area contributed by atoms with E-state index in [1.165, 1.54) is 55.4 Å². The van der Waals surface area contributed by atoms with Crippen molar-refractivity contribution in [3.8, 4) is 0 Å². The Morgan fingerprint density at radius 3 is 2.61 bits per heavy atom. The van der Waals surface area contributed by atoms with Crippen LogP contribution in [0.4, 0.5) is 5.69 Å². The molecule has 1 aliphatic rings. The van der Waals surface area contributed by atoms with Gasteiger partial charge in [0.25, 0.3) is 0 Å². The van der Waals surface area contributed by atoms with Gasteiger partial charge in [-0.15, -0.1) is 0 Å². The Morgan fingerprint density at radius 1 is 1.00 bits per heavy atom. The van der Waals surface area contributed by atoms with Gasteiger partial charge < -0.3 is 0 Å². The van der Waals surface area contributed by atoms with Gasteiger partial charge in [-0.1, -0.05) is 51.2 Å². The number of nitrogens with zero attached hydrogens (tertiary/aromatic N) is 2. The third-order valence-electron chi connectivity index (χ3n) is 3.58. The van der Waals surface area contributed by atoms with Crippen LogP contribution < -0.4 is 5.43 Å². The fourth-order valence-corrected chi connectivity index (χ4v) is 2.52. The predicted molar refractivity (Wildman–Crippen MR) is 77.5 cm³/mol. The maximum atomic E-state index is 4.34. The van der Waals surface area contributed by atoms with Crippen LogP contribution in [0.2, 0.25) is 0 Å². The Bertz CT molecular complexity index is 421. The lowest BCUT2D eigenvalue weighted by atomic mass is 9.98. The van der Waals surface area contributed by atoms with Crippen molar-refractivity contribution in [2.45, 2.75) is 58.8 Å². The summed E-state index contributed by atoms with van der Waals surface area (Å²) in [6.07, 6.45) is 9.07. The Balaban J connectivity index is 1.79. The van der Waals surface area contributed by atoms with E-state index < -0.39 is 0 Å². The Kier molecular flexibility index (Phi) is 4.80. The molecule has 1 heterocycles. The number of fused-ring (bicyclic) bond motifs is 1. The molecular weight excluding hydrogens is 220 g/mol. The standard InChI is InChI=1S/C16H23N2/c1-3-4-5-6-7-8-11-14-16-13(2)10-9-12-15(16)18-17-14/h9-10,12H,3-8,11H2,1-2H3. The summed E-state index contributed by atoms with van der Waals surface area (Å²) in [5, 5.41) is 4.34. The van der Waals surface area contributed by atoms with Crippen molar-refractivity contribution in [1.29, 1.82) is 0 Å². The molecule has 1 aromatic rings. The van der Waals surface area contributed by atoms with Crippen LogP contribution in [0, 0.1) is 6.92 Å². The first-order valence-electron chi connectivity index (χ1n) is 7.20. The molecule has 0 spiro atoms. The van der Waals surface area contributed by atoms with E-state index in [0.717, 1.165) is 12.1 Å². The van der Waals surface area contributed by atoms with Crippen molar-refractivity contribution >= 4 is 11.4 Å². The van der Waals surface area contributed by atoms with Crippen molar-refractivity contribution in [2.75, 3.05) is 0 Å². The van der Waals surface area contributed by atoms with E-state index in [1.54, 1.807) is 0 Å². The summed E-state index contributed by atoms with van der Waals surface area (Å²) >= 11 is 0. The number of benzene rings is 1. The highest BCUT2D eigenvalue weighted by molar-refractivity contribution is 6.07. The first-order chi connectivity index (χ1) is 8.83. The Hall–Kier alpha value is -1.31. The summed E-state index contributed by atoms with van der Waals surface area (Å²) in [7, 11) is 0. The minimum Gasteiger partial charge on any atom is -0.154 e. The third-order valence-corrected chi connectivity index (χ3v) is 3.58. The van der Waals surface area contributed by atoms with Gasteiger partial charge in [-0.25, -0.2) is 0 Å². The second-order valence-corrected chi connectivity index (χ2v) is 5.13. The molecule has 0 aliphatic carbocycles. The summed E-state index contributed by atoms with van der Waals surface area (Å²) in [6, 6.07) is 6.26. The van der Waals surface area contributed by atoms with Crippen LogP contribution >= 0.6 is 0 Å². The zero-order valence-corrected chi connectivity index (χ0v) is 11.6. The van der Waals surface area contributed by atoms with Gasteiger partial charge >= 0.3 is 0 Å². The largest absolute Gasteiger partial charge is 0.154 e. The highest BCUT2D eigenvalue weighted by Crippen LogP contribution is 2.27. The average molecular weight is 243 g/mol. The van der Waals surface area contributed by atoms with E-state index >= 15 is 0 Å². The molecule has 97 valence electrons. The van der Waals surface area contributed by atoms with Crippen molar-refractivity contribution in [3.05, 3.63) is 29.3 Å². The summed E-state index contributed by atoms with van der Waals surface area (Å²) in [5.41, 5.74) is 9.09. The van der Waals surface area contributed by atoms with Crippen LogP contribution in [-0.4, -0.2) is 5.71 Å². The van der Waals surface area contributed by atoms with E-state index in [2.05, 4.69) is 42.6 Å². The van der Waals surface area contributed by atoms with Gasteiger partial charge in [0, 0.05) is 5.56 Å². The van der Waals surface area contributed by atoms with Crippen LogP contribution in [0.25, 0.3) is 0 Å². The molecule has 0 unspecified atom stereocenters. The molecule has 18 heavy (non-hydrogen) atoms. The first-order valence-corrected chi connectivity index (χ1v) is 7.20. The van der Waals surface area contributed by atoms with Crippen LogP contribution in [-0.2, 0) is 0 Å². The van der Waals surface area contributed by atoms with Crippen LogP contribution in [0.1, 0.15) is 63.0 Å². The quantitative estimate of drug-likeness (QED) is 0.621.